The fourth-order valence-corrected chi connectivity index (χ4v) is 4.56. The predicted octanol–water partition coefficient (Wildman–Crippen LogP) is 3.73. The summed E-state index contributed by atoms with van der Waals surface area (Å²) >= 11 is 0. The van der Waals surface area contributed by atoms with Gasteiger partial charge in [-0.05, 0) is 63.5 Å². The number of fused-ring (bicyclic) bond motifs is 2. The fourth-order valence-electron chi connectivity index (χ4n) is 4.56. The Morgan fingerprint density at radius 2 is 2.17 bits per heavy atom. The molecule has 1 aromatic rings. The Hall–Kier alpha value is -1.55. The van der Waals surface area contributed by atoms with Crippen LogP contribution in [-0.2, 0) is 22.4 Å². The quantitative estimate of drug-likeness (QED) is 0.662. The Labute approximate surface area is 143 Å². The van der Waals surface area contributed by atoms with Gasteiger partial charge in [0.25, 0.3) is 0 Å². The van der Waals surface area contributed by atoms with Gasteiger partial charge in [0, 0.05) is 17.9 Å². The van der Waals surface area contributed by atoms with Gasteiger partial charge in [-0.2, -0.15) is 0 Å². The zero-order valence-corrected chi connectivity index (χ0v) is 15.3. The highest BCUT2D eigenvalue weighted by molar-refractivity contribution is 5.87. The van der Waals surface area contributed by atoms with Crippen molar-refractivity contribution in [2.45, 2.75) is 72.0 Å². The zero-order chi connectivity index (χ0) is 17.7. The van der Waals surface area contributed by atoms with Crippen LogP contribution in [0.15, 0.2) is 22.3 Å². The maximum absolute atomic E-state index is 12.2. The molecule has 0 aliphatic heterocycles. The molecule has 0 amide bonds. The highest BCUT2D eigenvalue weighted by Crippen LogP contribution is 2.54. The maximum Gasteiger partial charge on any atom is 0.333 e. The average Bonchev–Trinajstić information content (AvgIpc) is 2.88. The van der Waals surface area contributed by atoms with Crippen LogP contribution in [-0.4, -0.2) is 22.8 Å². The second-order valence-electron chi connectivity index (χ2n) is 8.04. The molecular formula is C20H28O4. The summed E-state index contributed by atoms with van der Waals surface area (Å²) in [5.41, 5.74) is 1.87. The van der Waals surface area contributed by atoms with Crippen LogP contribution in [0.4, 0.5) is 0 Å². The summed E-state index contributed by atoms with van der Waals surface area (Å²) in [7, 11) is 0. The van der Waals surface area contributed by atoms with Crippen LogP contribution < -0.4 is 0 Å². The summed E-state index contributed by atoms with van der Waals surface area (Å²) in [6.45, 7) is 9.67. The monoisotopic (exact) mass is 332 g/mol. The van der Waals surface area contributed by atoms with Crippen molar-refractivity contribution in [3.63, 3.8) is 0 Å². The van der Waals surface area contributed by atoms with Crippen LogP contribution in [0.25, 0.3) is 0 Å². The summed E-state index contributed by atoms with van der Waals surface area (Å²) in [5, 5.41) is 11.3. The minimum atomic E-state index is -1.04. The van der Waals surface area contributed by atoms with E-state index in [0.717, 1.165) is 30.6 Å². The molecule has 0 spiro atoms. The SMILES string of the molecule is C/C=C(/C)C(=O)O[C@@H]1CC[C@]2(C)Cc3occ(C)c3C[C@H]2[C@]1(C)O. The van der Waals surface area contributed by atoms with Crippen molar-refractivity contribution < 1.29 is 19.1 Å². The summed E-state index contributed by atoms with van der Waals surface area (Å²) in [4.78, 5) is 12.2. The van der Waals surface area contributed by atoms with Gasteiger partial charge in [-0.3, -0.25) is 0 Å². The molecule has 1 saturated carbocycles. The van der Waals surface area contributed by atoms with E-state index in [0.29, 0.717) is 12.0 Å². The molecule has 4 heteroatoms. The van der Waals surface area contributed by atoms with Crippen LogP contribution in [0.3, 0.4) is 0 Å². The van der Waals surface area contributed by atoms with E-state index in [2.05, 4.69) is 13.8 Å². The van der Waals surface area contributed by atoms with Crippen molar-refractivity contribution >= 4 is 5.97 Å². The molecule has 24 heavy (non-hydrogen) atoms. The summed E-state index contributed by atoms with van der Waals surface area (Å²) in [6.07, 6.45) is 6.30. The van der Waals surface area contributed by atoms with E-state index in [9.17, 15) is 9.90 Å². The van der Waals surface area contributed by atoms with E-state index < -0.39 is 11.7 Å². The van der Waals surface area contributed by atoms with Crippen molar-refractivity contribution in [3.05, 3.63) is 34.8 Å². The largest absolute Gasteiger partial charge is 0.469 e. The molecular weight excluding hydrogens is 304 g/mol. The number of esters is 1. The number of aryl methyl sites for hydroxylation is 1. The Morgan fingerprint density at radius 3 is 2.83 bits per heavy atom. The molecule has 1 aromatic heterocycles. The van der Waals surface area contributed by atoms with Crippen molar-refractivity contribution in [1.82, 2.24) is 0 Å². The second-order valence-corrected chi connectivity index (χ2v) is 8.04. The van der Waals surface area contributed by atoms with E-state index in [-0.39, 0.29) is 17.3 Å². The minimum absolute atomic E-state index is 0.0284. The minimum Gasteiger partial charge on any atom is -0.469 e. The number of ether oxygens (including phenoxy) is 1. The highest BCUT2D eigenvalue weighted by Gasteiger charge is 2.56. The molecule has 2 aliphatic rings. The zero-order valence-electron chi connectivity index (χ0n) is 15.3. The number of hydrogen-bond donors (Lipinski definition) is 1. The molecule has 0 aromatic carbocycles. The van der Waals surface area contributed by atoms with Crippen molar-refractivity contribution in [2.75, 3.05) is 0 Å². The maximum atomic E-state index is 12.2. The first-order chi connectivity index (χ1) is 11.2. The number of allylic oxidation sites excluding steroid dienone is 1. The number of carbonyl (C=O) groups is 1. The van der Waals surface area contributed by atoms with Crippen LogP contribution in [0.5, 0.6) is 0 Å². The molecule has 4 nitrogen and oxygen atoms in total. The molecule has 4 atom stereocenters. The summed E-state index contributed by atoms with van der Waals surface area (Å²) in [6, 6.07) is 0. The van der Waals surface area contributed by atoms with Crippen LogP contribution in [0, 0.1) is 18.3 Å². The van der Waals surface area contributed by atoms with E-state index >= 15 is 0 Å². The Kier molecular flexibility index (Phi) is 4.15. The molecule has 2 aliphatic carbocycles. The van der Waals surface area contributed by atoms with Gasteiger partial charge in [0.05, 0.1) is 6.26 Å². The van der Waals surface area contributed by atoms with Gasteiger partial charge in [-0.15, -0.1) is 0 Å². The predicted molar refractivity (Wildman–Crippen MR) is 91.6 cm³/mol. The van der Waals surface area contributed by atoms with Gasteiger partial charge < -0.3 is 14.3 Å². The average molecular weight is 332 g/mol. The third-order valence-electron chi connectivity index (χ3n) is 6.34. The molecule has 3 rings (SSSR count). The number of hydrogen-bond acceptors (Lipinski definition) is 4. The summed E-state index contributed by atoms with van der Waals surface area (Å²) < 4.78 is 11.4. The molecule has 1 N–H and O–H groups in total. The van der Waals surface area contributed by atoms with Gasteiger partial charge in [-0.1, -0.05) is 13.0 Å². The first-order valence-electron chi connectivity index (χ1n) is 8.81. The van der Waals surface area contributed by atoms with Gasteiger partial charge in [-0.25, -0.2) is 4.79 Å². The number of aliphatic hydroxyl groups is 1. The van der Waals surface area contributed by atoms with Crippen LogP contribution >= 0.6 is 0 Å². The van der Waals surface area contributed by atoms with E-state index in [1.165, 1.54) is 5.56 Å². The third-order valence-corrected chi connectivity index (χ3v) is 6.34. The number of carbonyl (C=O) groups excluding carboxylic acids is 1. The van der Waals surface area contributed by atoms with E-state index in [4.69, 9.17) is 9.15 Å². The lowest BCUT2D eigenvalue weighted by atomic mass is 9.54. The van der Waals surface area contributed by atoms with Gasteiger partial charge >= 0.3 is 5.97 Å². The molecule has 0 bridgehead atoms. The van der Waals surface area contributed by atoms with Crippen molar-refractivity contribution in [1.29, 1.82) is 0 Å². The van der Waals surface area contributed by atoms with Crippen molar-refractivity contribution in [2.24, 2.45) is 11.3 Å². The lowest BCUT2D eigenvalue weighted by molar-refractivity contribution is -0.195. The Balaban J connectivity index is 1.88. The molecule has 132 valence electrons. The van der Waals surface area contributed by atoms with Gasteiger partial charge in [0.2, 0.25) is 0 Å². The van der Waals surface area contributed by atoms with E-state index in [1.807, 2.05) is 20.1 Å². The van der Waals surface area contributed by atoms with Crippen LogP contribution in [0.2, 0.25) is 0 Å². The summed E-state index contributed by atoms with van der Waals surface area (Å²) in [5.74, 6) is 0.774. The smallest absolute Gasteiger partial charge is 0.333 e. The standard InChI is InChI=1S/C20H28O4/c1-6-12(2)18(21)24-17-7-8-19(4)10-15-14(13(3)11-23-15)9-16(19)20(17,5)22/h6,11,16-17,22H,7-10H2,1-5H3/b12-6-/t16-,17-,19-,20+/m1/s1. The van der Waals surface area contributed by atoms with E-state index in [1.54, 1.807) is 13.0 Å². The fraction of sp³-hybridized carbons (Fsp3) is 0.650. The number of rotatable bonds is 2. The molecule has 1 heterocycles. The van der Waals surface area contributed by atoms with Gasteiger partial charge in [0.1, 0.15) is 17.5 Å². The lowest BCUT2D eigenvalue weighted by Gasteiger charge is -2.54. The molecule has 0 unspecified atom stereocenters. The topological polar surface area (TPSA) is 59.7 Å². The first kappa shape index (κ1) is 17.3. The Bertz CT molecular complexity index is 682. The molecule has 0 saturated heterocycles. The second kappa shape index (κ2) is 5.76. The normalized spacial score (nSPS) is 36.0. The molecule has 1 fully saturated rings. The number of furan rings is 1. The van der Waals surface area contributed by atoms with Crippen LogP contribution in [0.1, 0.15) is 57.4 Å². The first-order valence-corrected chi connectivity index (χ1v) is 8.81. The lowest BCUT2D eigenvalue weighted by Crippen LogP contribution is -2.60. The van der Waals surface area contributed by atoms with Gasteiger partial charge in [0.15, 0.2) is 0 Å². The highest BCUT2D eigenvalue weighted by atomic mass is 16.6. The Morgan fingerprint density at radius 1 is 1.46 bits per heavy atom. The third kappa shape index (κ3) is 2.61. The molecule has 0 radical (unpaired) electrons. The van der Waals surface area contributed by atoms with Crippen molar-refractivity contribution in [3.8, 4) is 0 Å².